The number of nitriles is 1. The number of rotatable bonds is 2. The Labute approximate surface area is 142 Å². The summed E-state index contributed by atoms with van der Waals surface area (Å²) in [5.41, 5.74) is 1.07. The van der Waals surface area contributed by atoms with E-state index in [1.165, 1.54) is 32.1 Å². The fraction of sp³-hybridized carbons (Fsp3) is 0.556. The average Bonchev–Trinajstić information content (AvgIpc) is 3.05. The van der Waals surface area contributed by atoms with Crippen molar-refractivity contribution in [1.82, 2.24) is 4.90 Å². The molecule has 1 saturated carbocycles. The molecule has 1 N–H and O–H groups in total. The van der Waals surface area contributed by atoms with Crippen molar-refractivity contribution >= 4 is 23.3 Å². The van der Waals surface area contributed by atoms with Crippen LogP contribution in [0.2, 0.25) is 5.02 Å². The Hall–Kier alpha value is -1.73. The van der Waals surface area contributed by atoms with Gasteiger partial charge in [-0.05, 0) is 49.8 Å². The summed E-state index contributed by atoms with van der Waals surface area (Å²) in [5, 5.41) is 12.2. The fourth-order valence-electron chi connectivity index (χ4n) is 3.93. The van der Waals surface area contributed by atoms with Crippen LogP contribution in [-0.2, 0) is 0 Å². The van der Waals surface area contributed by atoms with E-state index < -0.39 is 0 Å². The van der Waals surface area contributed by atoms with Crippen LogP contribution in [0.15, 0.2) is 18.2 Å². The summed E-state index contributed by atoms with van der Waals surface area (Å²) in [6, 6.07) is 7.37. The lowest BCUT2D eigenvalue weighted by Gasteiger charge is -2.34. The van der Waals surface area contributed by atoms with Crippen molar-refractivity contribution in [1.29, 1.82) is 5.26 Å². The van der Waals surface area contributed by atoms with E-state index in [0.717, 1.165) is 19.4 Å². The first-order chi connectivity index (χ1) is 11.2. The number of carbonyl (C=O) groups is 1. The highest BCUT2D eigenvalue weighted by molar-refractivity contribution is 6.32. The Morgan fingerprint density at radius 2 is 2.00 bits per heavy atom. The molecule has 122 valence electrons. The molecule has 1 unspecified atom stereocenters. The quantitative estimate of drug-likeness (QED) is 0.847. The second-order valence-corrected chi connectivity index (χ2v) is 6.94. The highest BCUT2D eigenvalue weighted by Gasteiger charge is 2.35. The van der Waals surface area contributed by atoms with E-state index in [2.05, 4.69) is 5.32 Å². The molecule has 1 heterocycles. The van der Waals surface area contributed by atoms with Crippen LogP contribution >= 0.6 is 11.6 Å². The predicted octanol–water partition coefficient (Wildman–Crippen LogP) is 4.79. The molecular formula is C18H22ClN3O. The van der Waals surface area contributed by atoms with Crippen LogP contribution in [0.25, 0.3) is 0 Å². The molecule has 0 bridgehead atoms. The van der Waals surface area contributed by atoms with Crippen molar-refractivity contribution in [3.63, 3.8) is 0 Å². The average molecular weight is 332 g/mol. The van der Waals surface area contributed by atoms with Gasteiger partial charge in [0.1, 0.15) is 6.07 Å². The number of benzene rings is 1. The van der Waals surface area contributed by atoms with Gasteiger partial charge >= 0.3 is 6.03 Å². The number of nitrogens with zero attached hydrogens (tertiary/aromatic N) is 2. The van der Waals surface area contributed by atoms with E-state index in [4.69, 9.17) is 16.9 Å². The second kappa shape index (κ2) is 7.23. The number of anilines is 1. The number of carbonyl (C=O) groups excluding carboxylic acids is 1. The number of hydrogen-bond acceptors (Lipinski definition) is 2. The molecule has 2 fully saturated rings. The van der Waals surface area contributed by atoms with Crippen LogP contribution < -0.4 is 5.32 Å². The van der Waals surface area contributed by atoms with Crippen LogP contribution in [0.3, 0.4) is 0 Å². The van der Waals surface area contributed by atoms with Crippen molar-refractivity contribution in [2.24, 2.45) is 5.92 Å². The monoisotopic (exact) mass is 331 g/mol. The molecule has 0 aromatic heterocycles. The fourth-order valence-corrected chi connectivity index (χ4v) is 4.16. The van der Waals surface area contributed by atoms with Gasteiger partial charge in [0.2, 0.25) is 0 Å². The third-order valence-corrected chi connectivity index (χ3v) is 5.41. The molecule has 3 rings (SSSR count). The van der Waals surface area contributed by atoms with E-state index >= 15 is 0 Å². The number of halogens is 1. The van der Waals surface area contributed by atoms with Crippen molar-refractivity contribution in [3.05, 3.63) is 28.8 Å². The SMILES string of the molecule is N#Cc1ccc(NC(=O)N2CCCC2C2CCCCC2)cc1Cl. The maximum Gasteiger partial charge on any atom is 0.322 e. The van der Waals surface area contributed by atoms with Crippen molar-refractivity contribution in [3.8, 4) is 6.07 Å². The minimum Gasteiger partial charge on any atom is -0.321 e. The van der Waals surface area contributed by atoms with E-state index in [0.29, 0.717) is 28.2 Å². The van der Waals surface area contributed by atoms with Crippen molar-refractivity contribution in [2.75, 3.05) is 11.9 Å². The van der Waals surface area contributed by atoms with Crippen molar-refractivity contribution < 1.29 is 4.79 Å². The molecule has 4 nitrogen and oxygen atoms in total. The van der Waals surface area contributed by atoms with Gasteiger partial charge in [-0.3, -0.25) is 0 Å². The third-order valence-electron chi connectivity index (χ3n) is 5.09. The van der Waals surface area contributed by atoms with Gasteiger partial charge in [0.15, 0.2) is 0 Å². The normalized spacial score (nSPS) is 21.9. The van der Waals surface area contributed by atoms with Gasteiger partial charge in [-0.15, -0.1) is 0 Å². The van der Waals surface area contributed by atoms with Crippen LogP contribution in [0.5, 0.6) is 0 Å². The molecule has 0 spiro atoms. The van der Waals surface area contributed by atoms with Crippen LogP contribution in [0.4, 0.5) is 10.5 Å². The summed E-state index contributed by atoms with van der Waals surface area (Å²) >= 11 is 6.04. The zero-order valence-corrected chi connectivity index (χ0v) is 14.0. The van der Waals surface area contributed by atoms with Crippen LogP contribution in [-0.4, -0.2) is 23.5 Å². The minimum absolute atomic E-state index is 0.0427. The van der Waals surface area contributed by atoms with Crippen molar-refractivity contribution in [2.45, 2.75) is 51.0 Å². The summed E-state index contributed by atoms with van der Waals surface area (Å²) in [6.07, 6.45) is 8.62. The van der Waals surface area contributed by atoms with Gasteiger partial charge in [-0.1, -0.05) is 30.9 Å². The van der Waals surface area contributed by atoms with E-state index in [-0.39, 0.29) is 6.03 Å². The van der Waals surface area contributed by atoms with Gasteiger partial charge < -0.3 is 10.2 Å². The topological polar surface area (TPSA) is 56.1 Å². The first-order valence-corrected chi connectivity index (χ1v) is 8.84. The summed E-state index contributed by atoms with van der Waals surface area (Å²) < 4.78 is 0. The summed E-state index contributed by atoms with van der Waals surface area (Å²) in [6.45, 7) is 0.830. The summed E-state index contributed by atoms with van der Waals surface area (Å²) in [7, 11) is 0. The summed E-state index contributed by atoms with van der Waals surface area (Å²) in [5.74, 6) is 0.654. The third kappa shape index (κ3) is 3.61. The lowest BCUT2D eigenvalue weighted by atomic mass is 9.83. The van der Waals surface area contributed by atoms with Crippen LogP contribution in [0, 0.1) is 17.2 Å². The molecule has 5 heteroatoms. The highest BCUT2D eigenvalue weighted by Crippen LogP contribution is 2.34. The number of nitrogens with one attached hydrogen (secondary N) is 1. The molecule has 0 radical (unpaired) electrons. The Kier molecular flexibility index (Phi) is 5.07. The molecule has 1 aromatic rings. The first-order valence-electron chi connectivity index (χ1n) is 8.46. The first kappa shape index (κ1) is 16.1. The predicted molar refractivity (Wildman–Crippen MR) is 91.5 cm³/mol. The second-order valence-electron chi connectivity index (χ2n) is 6.54. The Morgan fingerprint density at radius 1 is 1.22 bits per heavy atom. The molecule has 2 amide bonds. The van der Waals surface area contributed by atoms with Gasteiger partial charge in [-0.25, -0.2) is 4.79 Å². The molecule has 1 aliphatic heterocycles. The highest BCUT2D eigenvalue weighted by atomic mass is 35.5. The Morgan fingerprint density at radius 3 is 2.70 bits per heavy atom. The van der Waals surface area contributed by atoms with E-state index in [1.807, 2.05) is 11.0 Å². The lowest BCUT2D eigenvalue weighted by Crippen LogP contribution is -2.43. The molecule has 1 atom stereocenters. The number of amides is 2. The number of likely N-dealkylation sites (tertiary alicyclic amines) is 1. The Bertz CT molecular complexity index is 619. The maximum atomic E-state index is 12.6. The maximum absolute atomic E-state index is 12.6. The largest absolute Gasteiger partial charge is 0.322 e. The number of urea groups is 1. The molecule has 1 saturated heterocycles. The zero-order chi connectivity index (χ0) is 16.2. The van der Waals surface area contributed by atoms with Gasteiger partial charge in [0.25, 0.3) is 0 Å². The van der Waals surface area contributed by atoms with E-state index in [1.54, 1.807) is 18.2 Å². The van der Waals surface area contributed by atoms with Gasteiger partial charge in [0, 0.05) is 18.3 Å². The summed E-state index contributed by atoms with van der Waals surface area (Å²) in [4.78, 5) is 14.6. The smallest absolute Gasteiger partial charge is 0.321 e. The molecular weight excluding hydrogens is 310 g/mol. The standard InChI is InChI=1S/C18H22ClN3O/c19-16-11-15(9-8-14(16)12-20)21-18(23)22-10-4-7-17(22)13-5-2-1-3-6-13/h8-9,11,13,17H,1-7,10H2,(H,21,23). The van der Waals surface area contributed by atoms with Gasteiger partial charge in [-0.2, -0.15) is 5.26 Å². The molecule has 2 aliphatic rings. The Balaban J connectivity index is 1.67. The molecule has 23 heavy (non-hydrogen) atoms. The molecule has 1 aromatic carbocycles. The molecule has 1 aliphatic carbocycles. The lowest BCUT2D eigenvalue weighted by molar-refractivity contribution is 0.166. The van der Waals surface area contributed by atoms with E-state index in [9.17, 15) is 4.79 Å². The minimum atomic E-state index is -0.0427. The van der Waals surface area contributed by atoms with Gasteiger partial charge in [0.05, 0.1) is 10.6 Å². The van der Waals surface area contributed by atoms with Crippen LogP contribution in [0.1, 0.15) is 50.5 Å². The number of hydrogen-bond donors (Lipinski definition) is 1. The zero-order valence-electron chi connectivity index (χ0n) is 13.2.